The van der Waals surface area contributed by atoms with Gasteiger partial charge in [0.25, 0.3) is 0 Å². The number of fused-ring (bicyclic) bond motifs is 3. The molecule has 0 radical (unpaired) electrons. The summed E-state index contributed by atoms with van der Waals surface area (Å²) in [6.07, 6.45) is 28.3. The van der Waals surface area contributed by atoms with Gasteiger partial charge in [-0.15, -0.1) is 0 Å². The Labute approximate surface area is 264 Å². The van der Waals surface area contributed by atoms with Crippen LogP contribution in [0.2, 0.25) is 0 Å². The van der Waals surface area contributed by atoms with E-state index >= 15 is 0 Å². The average Bonchev–Trinajstić information content (AvgIpc) is 3.27. The topological polar surface area (TPSA) is 69.9 Å². The van der Waals surface area contributed by atoms with Gasteiger partial charge >= 0.3 is 14.8 Å². The summed E-state index contributed by atoms with van der Waals surface area (Å²) in [6.45, 7) is 4.55. The fraction of sp³-hybridized carbons (Fsp3) is 0.676. The SMILES string of the molecule is CCCCCCCCCCCCC1(CCCCCCCCCCCC)c2cc(OBO)ccc2-c2ccc(B(O)O)cc21. The Morgan fingerprint density at radius 3 is 1.44 bits per heavy atom. The lowest BCUT2D eigenvalue weighted by Gasteiger charge is -2.33. The van der Waals surface area contributed by atoms with Gasteiger partial charge in [0, 0.05) is 5.41 Å². The Bertz CT molecular complexity index is 1020. The van der Waals surface area contributed by atoms with E-state index < -0.39 is 7.12 Å². The first-order valence-corrected chi connectivity index (χ1v) is 18.0. The van der Waals surface area contributed by atoms with E-state index in [1.54, 1.807) is 0 Å². The van der Waals surface area contributed by atoms with Crippen LogP contribution in [0.1, 0.15) is 166 Å². The van der Waals surface area contributed by atoms with Crippen molar-refractivity contribution in [2.45, 2.75) is 161 Å². The van der Waals surface area contributed by atoms with E-state index in [2.05, 4.69) is 38.1 Å². The van der Waals surface area contributed by atoms with Crippen molar-refractivity contribution in [3.05, 3.63) is 47.5 Å². The Morgan fingerprint density at radius 2 is 1.00 bits per heavy atom. The van der Waals surface area contributed by atoms with Gasteiger partial charge in [-0.3, -0.25) is 0 Å². The summed E-state index contributed by atoms with van der Waals surface area (Å²) >= 11 is 0. The molecule has 6 heteroatoms. The second-order valence-corrected chi connectivity index (χ2v) is 13.1. The zero-order valence-electron chi connectivity index (χ0n) is 27.6. The van der Waals surface area contributed by atoms with Crippen molar-refractivity contribution in [2.75, 3.05) is 0 Å². The number of hydrogen-bond acceptors (Lipinski definition) is 4. The predicted octanol–water partition coefficient (Wildman–Crippen LogP) is 8.89. The quantitative estimate of drug-likeness (QED) is 0.0798. The summed E-state index contributed by atoms with van der Waals surface area (Å²) < 4.78 is 5.57. The molecule has 0 unspecified atom stereocenters. The Morgan fingerprint density at radius 1 is 0.581 bits per heavy atom. The summed E-state index contributed by atoms with van der Waals surface area (Å²) in [7, 11) is -1.81. The van der Waals surface area contributed by atoms with Crippen LogP contribution in [0.25, 0.3) is 11.1 Å². The molecular formula is C37H60B2O4. The van der Waals surface area contributed by atoms with E-state index in [4.69, 9.17) is 4.65 Å². The van der Waals surface area contributed by atoms with Gasteiger partial charge in [-0.2, -0.15) is 0 Å². The molecule has 0 saturated carbocycles. The maximum Gasteiger partial charge on any atom is 0.504 e. The third-order valence-electron chi connectivity index (χ3n) is 9.80. The summed E-state index contributed by atoms with van der Waals surface area (Å²) in [6, 6.07) is 12.2. The monoisotopic (exact) mass is 590 g/mol. The van der Waals surface area contributed by atoms with Crippen molar-refractivity contribution >= 4 is 20.3 Å². The minimum Gasteiger partial charge on any atom is -0.539 e. The molecule has 0 fully saturated rings. The molecule has 43 heavy (non-hydrogen) atoms. The Kier molecular flexibility index (Phi) is 16.9. The van der Waals surface area contributed by atoms with Crippen LogP contribution in [0.4, 0.5) is 0 Å². The van der Waals surface area contributed by atoms with Gasteiger partial charge in [0.15, 0.2) is 0 Å². The number of unbranched alkanes of at least 4 members (excludes halogenated alkanes) is 18. The standard InChI is InChI=1S/C37H60B2O4/c1-3-5-7-9-11-13-15-17-19-21-27-37(28-22-20-18-16-14-12-10-8-6-4-2)35-29-31(39(41)42)23-25-33(35)34-26-24-32(43-38-40)30-36(34)37/h23-26,29-30,38,40-42H,3-22,27-28H2,1-2H3. The lowest BCUT2D eigenvalue weighted by Crippen LogP contribution is -2.32. The fourth-order valence-electron chi connectivity index (χ4n) is 7.31. The number of hydrogen-bond donors (Lipinski definition) is 3. The Balaban J connectivity index is 1.71. The second kappa shape index (κ2) is 20.3. The molecule has 0 amide bonds. The van der Waals surface area contributed by atoms with Crippen LogP contribution in [-0.2, 0) is 5.41 Å². The number of rotatable bonds is 25. The molecule has 0 saturated heterocycles. The van der Waals surface area contributed by atoms with Crippen molar-refractivity contribution in [3.63, 3.8) is 0 Å². The van der Waals surface area contributed by atoms with E-state index in [0.717, 1.165) is 25.7 Å². The molecule has 0 aliphatic heterocycles. The second-order valence-electron chi connectivity index (χ2n) is 13.1. The Hall–Kier alpha value is -1.75. The van der Waals surface area contributed by atoms with E-state index in [0.29, 0.717) is 11.2 Å². The maximum atomic E-state index is 10.1. The van der Waals surface area contributed by atoms with Gasteiger partial charge in [0.2, 0.25) is 0 Å². The molecule has 1 aliphatic rings. The molecule has 0 spiro atoms. The largest absolute Gasteiger partial charge is 0.539 e. The third kappa shape index (κ3) is 11.0. The summed E-state index contributed by atoms with van der Waals surface area (Å²) in [5, 5.41) is 29.7. The van der Waals surface area contributed by atoms with Gasteiger partial charge in [-0.25, -0.2) is 0 Å². The van der Waals surface area contributed by atoms with Crippen LogP contribution in [0.5, 0.6) is 5.75 Å². The highest BCUT2D eigenvalue weighted by atomic mass is 16.5. The first-order valence-electron chi connectivity index (χ1n) is 18.0. The molecule has 3 rings (SSSR count). The first kappa shape index (κ1) is 35.7. The third-order valence-corrected chi connectivity index (χ3v) is 9.80. The van der Waals surface area contributed by atoms with Gasteiger partial charge < -0.3 is 19.7 Å². The average molecular weight is 591 g/mol. The van der Waals surface area contributed by atoms with E-state index in [1.807, 2.05) is 12.1 Å². The van der Waals surface area contributed by atoms with Crippen molar-refractivity contribution in [3.8, 4) is 16.9 Å². The molecule has 0 bridgehead atoms. The van der Waals surface area contributed by atoms with Crippen LogP contribution in [0.3, 0.4) is 0 Å². The molecular weight excluding hydrogens is 530 g/mol. The summed E-state index contributed by atoms with van der Waals surface area (Å²) in [4.78, 5) is 0. The van der Waals surface area contributed by atoms with Crippen LogP contribution in [-0.4, -0.2) is 29.9 Å². The van der Waals surface area contributed by atoms with Crippen LogP contribution in [0.15, 0.2) is 36.4 Å². The highest BCUT2D eigenvalue weighted by molar-refractivity contribution is 6.58. The molecule has 0 aromatic heterocycles. The zero-order chi connectivity index (χ0) is 30.8. The van der Waals surface area contributed by atoms with Crippen molar-refractivity contribution in [1.29, 1.82) is 0 Å². The normalized spacial score (nSPS) is 13.1. The van der Waals surface area contributed by atoms with Crippen molar-refractivity contribution < 1.29 is 19.7 Å². The molecule has 4 nitrogen and oxygen atoms in total. The zero-order valence-corrected chi connectivity index (χ0v) is 27.6. The highest BCUT2D eigenvalue weighted by Gasteiger charge is 2.43. The van der Waals surface area contributed by atoms with Crippen LogP contribution < -0.4 is 10.1 Å². The van der Waals surface area contributed by atoms with Crippen molar-refractivity contribution in [1.82, 2.24) is 0 Å². The van der Waals surface area contributed by atoms with Gasteiger partial charge in [-0.1, -0.05) is 167 Å². The minimum absolute atomic E-state index is 0.176. The fourth-order valence-corrected chi connectivity index (χ4v) is 7.31. The summed E-state index contributed by atoms with van der Waals surface area (Å²) in [5.74, 6) is 0.701. The lowest BCUT2D eigenvalue weighted by atomic mass is 9.68. The molecule has 238 valence electrons. The lowest BCUT2D eigenvalue weighted by molar-refractivity contribution is 0.394. The maximum absolute atomic E-state index is 10.1. The highest BCUT2D eigenvalue weighted by Crippen LogP contribution is 2.54. The van der Waals surface area contributed by atoms with E-state index in [1.165, 1.54) is 138 Å². The molecule has 1 aliphatic carbocycles. The van der Waals surface area contributed by atoms with Crippen LogP contribution >= 0.6 is 0 Å². The number of benzene rings is 2. The summed E-state index contributed by atoms with van der Waals surface area (Å²) in [5.41, 5.74) is 5.33. The molecule has 2 aromatic carbocycles. The van der Waals surface area contributed by atoms with Crippen LogP contribution in [0, 0.1) is 0 Å². The smallest absolute Gasteiger partial charge is 0.504 e. The predicted molar refractivity (Wildman–Crippen MR) is 185 cm³/mol. The molecule has 3 N–H and O–H groups in total. The van der Waals surface area contributed by atoms with Gasteiger partial charge in [-0.05, 0) is 52.7 Å². The van der Waals surface area contributed by atoms with E-state index in [-0.39, 0.29) is 13.1 Å². The van der Waals surface area contributed by atoms with Gasteiger partial charge in [0.1, 0.15) is 5.75 Å². The molecule has 2 aromatic rings. The first-order chi connectivity index (χ1) is 21.1. The van der Waals surface area contributed by atoms with Crippen molar-refractivity contribution in [2.24, 2.45) is 0 Å². The molecule has 0 heterocycles. The molecule has 0 atom stereocenters. The van der Waals surface area contributed by atoms with Gasteiger partial charge in [0.05, 0.1) is 0 Å². The minimum atomic E-state index is -1.48. The van der Waals surface area contributed by atoms with E-state index in [9.17, 15) is 15.1 Å².